The van der Waals surface area contributed by atoms with Crippen molar-refractivity contribution >= 4 is 11.9 Å². The van der Waals surface area contributed by atoms with E-state index in [1.807, 2.05) is 38.1 Å². The minimum absolute atomic E-state index is 0.00524. The number of aromatic nitrogens is 3. The van der Waals surface area contributed by atoms with Gasteiger partial charge in [0.2, 0.25) is 0 Å². The molecule has 0 aliphatic heterocycles. The van der Waals surface area contributed by atoms with Crippen LogP contribution in [0, 0.1) is 0 Å². The van der Waals surface area contributed by atoms with Crippen molar-refractivity contribution in [1.82, 2.24) is 20.1 Å². The van der Waals surface area contributed by atoms with Crippen molar-refractivity contribution in [3.05, 3.63) is 35.7 Å². The number of hydrogen-bond acceptors (Lipinski definition) is 5. The van der Waals surface area contributed by atoms with Crippen molar-refractivity contribution in [3.8, 4) is 11.4 Å². The summed E-state index contributed by atoms with van der Waals surface area (Å²) in [7, 11) is 0. The van der Waals surface area contributed by atoms with Gasteiger partial charge in [-0.1, -0.05) is 12.1 Å². The minimum Gasteiger partial charge on any atom is -0.475 e. The molecule has 1 heterocycles. The van der Waals surface area contributed by atoms with E-state index in [1.165, 1.54) is 12.8 Å². The second-order valence-electron chi connectivity index (χ2n) is 7.08. The van der Waals surface area contributed by atoms with Gasteiger partial charge in [-0.3, -0.25) is 9.89 Å². The Hall–Kier alpha value is -2.95. The molecular weight excluding hydrogens is 403 g/mol. The van der Waals surface area contributed by atoms with Crippen LogP contribution in [0.25, 0.3) is 11.4 Å². The molecule has 164 valence electrons. The Balaban J connectivity index is 0.000000396. The first-order chi connectivity index (χ1) is 14.0. The summed E-state index contributed by atoms with van der Waals surface area (Å²) in [6, 6.07) is 7.58. The van der Waals surface area contributed by atoms with E-state index >= 15 is 0 Å². The fraction of sp³-hybridized carbons (Fsp3) is 0.474. The molecule has 1 saturated carbocycles. The van der Waals surface area contributed by atoms with E-state index in [1.54, 1.807) is 4.90 Å². The number of nitrogens with two attached hydrogens (primary N) is 1. The number of carboxylic acid groups (broad SMARTS) is 1. The lowest BCUT2D eigenvalue weighted by atomic mass is 10.1. The molecule has 1 amide bonds. The fourth-order valence-corrected chi connectivity index (χ4v) is 2.60. The maximum atomic E-state index is 12.6. The number of rotatable bonds is 6. The smallest absolute Gasteiger partial charge is 0.475 e. The van der Waals surface area contributed by atoms with Crippen LogP contribution in [0.4, 0.5) is 13.2 Å². The zero-order valence-electron chi connectivity index (χ0n) is 16.6. The first kappa shape index (κ1) is 23.3. The maximum absolute atomic E-state index is 12.6. The SMILES string of the molecule is CC(C)N(CCN)C(=O)c1ccc(-c2n[nH]c(C3CC3)n2)cc1.O=C(O)C(F)(F)F. The van der Waals surface area contributed by atoms with Gasteiger partial charge in [0.1, 0.15) is 5.82 Å². The minimum atomic E-state index is -5.08. The lowest BCUT2D eigenvalue weighted by Gasteiger charge is -2.26. The summed E-state index contributed by atoms with van der Waals surface area (Å²) < 4.78 is 31.7. The summed E-state index contributed by atoms with van der Waals surface area (Å²) in [4.78, 5) is 27.8. The van der Waals surface area contributed by atoms with Gasteiger partial charge in [0.15, 0.2) is 5.82 Å². The summed E-state index contributed by atoms with van der Waals surface area (Å²) in [6.45, 7) is 5.01. The molecule has 0 spiro atoms. The van der Waals surface area contributed by atoms with Crippen molar-refractivity contribution in [2.24, 2.45) is 5.73 Å². The van der Waals surface area contributed by atoms with Crippen LogP contribution in [0.5, 0.6) is 0 Å². The van der Waals surface area contributed by atoms with Crippen LogP contribution >= 0.6 is 0 Å². The number of nitrogens with one attached hydrogen (secondary N) is 1. The average molecular weight is 427 g/mol. The number of carbonyl (C=O) groups is 2. The standard InChI is InChI=1S/C17H23N5O.C2HF3O2/c1-11(2)22(10-9-18)17(23)14-7-5-13(6-8-14)16-19-15(20-21-16)12-3-4-12;3-2(4,5)1(6)7/h5-8,11-12H,3-4,9-10,18H2,1-2H3,(H,19,20,21);(H,6,7). The molecule has 1 aliphatic rings. The highest BCUT2D eigenvalue weighted by atomic mass is 19.4. The van der Waals surface area contributed by atoms with Crippen molar-refractivity contribution in [2.75, 3.05) is 13.1 Å². The number of carboxylic acids is 1. The number of amides is 1. The van der Waals surface area contributed by atoms with Gasteiger partial charge in [-0.2, -0.15) is 18.3 Å². The molecule has 1 aliphatic carbocycles. The molecule has 0 atom stereocenters. The highest BCUT2D eigenvalue weighted by Crippen LogP contribution is 2.38. The van der Waals surface area contributed by atoms with Crippen LogP contribution < -0.4 is 5.73 Å². The van der Waals surface area contributed by atoms with Gasteiger partial charge < -0.3 is 15.7 Å². The lowest BCUT2D eigenvalue weighted by Crippen LogP contribution is -2.40. The van der Waals surface area contributed by atoms with Gasteiger partial charge in [0.05, 0.1) is 0 Å². The van der Waals surface area contributed by atoms with E-state index in [0.29, 0.717) is 30.4 Å². The largest absolute Gasteiger partial charge is 0.490 e. The van der Waals surface area contributed by atoms with Gasteiger partial charge in [-0.15, -0.1) is 0 Å². The summed E-state index contributed by atoms with van der Waals surface area (Å²) in [5.74, 6) is -0.547. The Morgan fingerprint density at radius 2 is 1.83 bits per heavy atom. The monoisotopic (exact) mass is 427 g/mol. The Morgan fingerprint density at radius 3 is 2.27 bits per heavy atom. The van der Waals surface area contributed by atoms with Gasteiger partial charge in [-0.05, 0) is 38.8 Å². The van der Waals surface area contributed by atoms with Crippen LogP contribution in [-0.2, 0) is 4.79 Å². The van der Waals surface area contributed by atoms with Crippen molar-refractivity contribution in [3.63, 3.8) is 0 Å². The number of hydrogen-bond donors (Lipinski definition) is 3. The van der Waals surface area contributed by atoms with E-state index in [4.69, 9.17) is 15.6 Å². The summed E-state index contributed by atoms with van der Waals surface area (Å²) in [5.41, 5.74) is 7.18. The topological polar surface area (TPSA) is 125 Å². The maximum Gasteiger partial charge on any atom is 0.490 e. The van der Waals surface area contributed by atoms with Crippen molar-refractivity contribution in [1.29, 1.82) is 0 Å². The summed E-state index contributed by atoms with van der Waals surface area (Å²) in [5, 5.41) is 14.4. The molecule has 1 aromatic heterocycles. The van der Waals surface area contributed by atoms with E-state index in [2.05, 4.69) is 15.2 Å². The van der Waals surface area contributed by atoms with Crippen molar-refractivity contribution < 1.29 is 27.9 Å². The third-order valence-corrected chi connectivity index (χ3v) is 4.35. The molecule has 0 unspecified atom stereocenters. The second kappa shape index (κ2) is 9.70. The molecule has 3 rings (SSSR count). The highest BCUT2D eigenvalue weighted by molar-refractivity contribution is 5.94. The Morgan fingerprint density at radius 1 is 1.27 bits per heavy atom. The number of nitrogens with zero attached hydrogens (tertiary/aromatic N) is 3. The van der Waals surface area contributed by atoms with Gasteiger partial charge in [0.25, 0.3) is 5.91 Å². The lowest BCUT2D eigenvalue weighted by molar-refractivity contribution is -0.192. The molecule has 0 saturated heterocycles. The Labute approximate surface area is 171 Å². The molecule has 0 bridgehead atoms. The molecule has 1 aromatic carbocycles. The second-order valence-corrected chi connectivity index (χ2v) is 7.08. The first-order valence-electron chi connectivity index (χ1n) is 9.38. The average Bonchev–Trinajstić information content (AvgIpc) is 3.42. The van der Waals surface area contributed by atoms with Crippen LogP contribution in [-0.4, -0.2) is 62.4 Å². The number of H-pyrrole nitrogens is 1. The zero-order valence-corrected chi connectivity index (χ0v) is 16.6. The zero-order chi connectivity index (χ0) is 22.5. The van der Waals surface area contributed by atoms with Crippen molar-refractivity contribution in [2.45, 2.75) is 44.8 Å². The summed E-state index contributed by atoms with van der Waals surface area (Å²) >= 11 is 0. The number of carbonyl (C=O) groups excluding carboxylic acids is 1. The number of aliphatic carboxylic acids is 1. The third kappa shape index (κ3) is 6.28. The molecule has 30 heavy (non-hydrogen) atoms. The van der Waals surface area contributed by atoms with E-state index in [-0.39, 0.29) is 11.9 Å². The molecule has 8 nitrogen and oxygen atoms in total. The number of alkyl halides is 3. The van der Waals surface area contributed by atoms with Gasteiger partial charge in [0, 0.05) is 36.2 Å². The number of benzene rings is 1. The third-order valence-electron chi connectivity index (χ3n) is 4.35. The predicted octanol–water partition coefficient (Wildman–Crippen LogP) is 2.79. The fourth-order valence-electron chi connectivity index (χ4n) is 2.60. The quantitative estimate of drug-likeness (QED) is 0.651. The summed E-state index contributed by atoms with van der Waals surface area (Å²) in [6.07, 6.45) is -2.71. The Bertz CT molecular complexity index is 861. The van der Waals surface area contributed by atoms with E-state index in [0.717, 1.165) is 11.4 Å². The number of aromatic amines is 1. The van der Waals surface area contributed by atoms with Crippen LogP contribution in [0.1, 0.15) is 48.8 Å². The Kier molecular flexibility index (Phi) is 7.54. The first-order valence-corrected chi connectivity index (χ1v) is 9.38. The normalized spacial score (nSPS) is 13.6. The molecule has 11 heteroatoms. The molecule has 1 fully saturated rings. The van der Waals surface area contributed by atoms with Crippen LogP contribution in [0.15, 0.2) is 24.3 Å². The molecule has 4 N–H and O–H groups in total. The van der Waals surface area contributed by atoms with Crippen LogP contribution in [0.3, 0.4) is 0 Å². The number of halogens is 3. The highest BCUT2D eigenvalue weighted by Gasteiger charge is 2.38. The molecule has 0 radical (unpaired) electrons. The van der Waals surface area contributed by atoms with Crippen LogP contribution in [0.2, 0.25) is 0 Å². The predicted molar refractivity (Wildman–Crippen MR) is 103 cm³/mol. The molecule has 2 aromatic rings. The van der Waals surface area contributed by atoms with E-state index in [9.17, 15) is 18.0 Å². The van der Waals surface area contributed by atoms with Gasteiger partial charge in [-0.25, -0.2) is 9.78 Å². The van der Waals surface area contributed by atoms with Gasteiger partial charge >= 0.3 is 12.1 Å². The molecular formula is C19H24F3N5O3. The van der Waals surface area contributed by atoms with E-state index < -0.39 is 12.1 Å².